The van der Waals surface area contributed by atoms with Crippen LogP contribution in [0.25, 0.3) is 11.1 Å². The molecule has 2 rings (SSSR count). The van der Waals surface area contributed by atoms with Crippen LogP contribution in [0.5, 0.6) is 0 Å². The van der Waals surface area contributed by atoms with E-state index in [0.29, 0.717) is 17.9 Å². The van der Waals surface area contributed by atoms with Crippen molar-refractivity contribution in [2.45, 2.75) is 20.8 Å². The highest BCUT2D eigenvalue weighted by atomic mass is 16.4. The molecule has 0 saturated carbocycles. The van der Waals surface area contributed by atoms with Crippen LogP contribution in [0.3, 0.4) is 0 Å². The third-order valence-corrected chi connectivity index (χ3v) is 2.90. The first-order valence-electron chi connectivity index (χ1n) is 5.61. The number of aromatic nitrogens is 2. The molecular formula is C12H17N3O. The smallest absolute Gasteiger partial charge is 0.295 e. The van der Waals surface area contributed by atoms with Gasteiger partial charge in [0, 0.05) is 18.8 Å². The minimum atomic E-state index is 0.579. The van der Waals surface area contributed by atoms with Gasteiger partial charge in [-0.25, -0.2) is 0 Å². The lowest BCUT2D eigenvalue weighted by Gasteiger charge is -2.14. The average molecular weight is 219 g/mol. The molecule has 0 aliphatic carbocycles. The van der Waals surface area contributed by atoms with Crippen molar-refractivity contribution in [3.05, 3.63) is 18.5 Å². The molecule has 2 aromatic heterocycles. The third-order valence-electron chi connectivity index (χ3n) is 2.90. The van der Waals surface area contributed by atoms with Crippen molar-refractivity contribution >= 4 is 17.1 Å². The number of rotatable bonds is 4. The Morgan fingerprint density at radius 3 is 2.88 bits per heavy atom. The van der Waals surface area contributed by atoms with Crippen molar-refractivity contribution in [1.82, 2.24) is 9.97 Å². The summed E-state index contributed by atoms with van der Waals surface area (Å²) in [4.78, 5) is 8.30. The summed E-state index contributed by atoms with van der Waals surface area (Å²) in [5, 5.41) is 3.21. The minimum Gasteiger partial charge on any atom is -0.423 e. The fourth-order valence-electron chi connectivity index (χ4n) is 1.34. The molecule has 2 aromatic rings. The number of fused-ring (bicyclic) bond motifs is 1. The molecule has 0 bridgehead atoms. The summed E-state index contributed by atoms with van der Waals surface area (Å²) in [5.74, 6) is 1.24. The molecule has 1 N–H and O–H groups in total. The van der Waals surface area contributed by atoms with Gasteiger partial charge in [0.2, 0.25) is 0 Å². The molecule has 0 radical (unpaired) electrons. The van der Waals surface area contributed by atoms with Crippen LogP contribution >= 0.6 is 0 Å². The lowest BCUT2D eigenvalue weighted by molar-refractivity contribution is 0.435. The van der Waals surface area contributed by atoms with Gasteiger partial charge >= 0.3 is 0 Å². The van der Waals surface area contributed by atoms with Gasteiger partial charge < -0.3 is 9.73 Å². The average Bonchev–Trinajstić information content (AvgIpc) is 2.68. The highest BCUT2D eigenvalue weighted by Gasteiger charge is 2.09. The van der Waals surface area contributed by atoms with Gasteiger partial charge in [-0.2, -0.15) is 4.98 Å². The Morgan fingerprint density at radius 1 is 1.38 bits per heavy atom. The van der Waals surface area contributed by atoms with E-state index in [2.05, 4.69) is 36.1 Å². The Balaban J connectivity index is 2.05. The van der Waals surface area contributed by atoms with Crippen LogP contribution in [0, 0.1) is 11.8 Å². The van der Waals surface area contributed by atoms with Gasteiger partial charge in [-0.15, -0.1) is 0 Å². The van der Waals surface area contributed by atoms with Crippen LogP contribution in [0.2, 0.25) is 0 Å². The maximum Gasteiger partial charge on any atom is 0.295 e. The molecule has 0 fully saturated rings. The molecule has 1 unspecified atom stereocenters. The zero-order chi connectivity index (χ0) is 11.5. The second-order valence-corrected chi connectivity index (χ2v) is 4.46. The lowest BCUT2D eigenvalue weighted by Crippen LogP contribution is -2.16. The number of nitrogens with one attached hydrogen (secondary N) is 1. The Labute approximate surface area is 95.1 Å². The van der Waals surface area contributed by atoms with Gasteiger partial charge in [0.25, 0.3) is 6.01 Å². The predicted octanol–water partition coefficient (Wildman–Crippen LogP) is 2.93. The van der Waals surface area contributed by atoms with Crippen molar-refractivity contribution in [1.29, 1.82) is 0 Å². The molecule has 0 spiro atoms. The molecule has 86 valence electrons. The molecule has 2 heterocycles. The second kappa shape index (κ2) is 4.51. The summed E-state index contributed by atoms with van der Waals surface area (Å²) < 4.78 is 5.54. The first-order valence-corrected chi connectivity index (χ1v) is 5.61. The molecule has 0 aliphatic heterocycles. The number of pyridine rings is 1. The highest BCUT2D eigenvalue weighted by molar-refractivity contribution is 5.72. The van der Waals surface area contributed by atoms with Gasteiger partial charge in [0.1, 0.15) is 5.52 Å². The van der Waals surface area contributed by atoms with Crippen LogP contribution < -0.4 is 5.32 Å². The van der Waals surface area contributed by atoms with Crippen LogP contribution in [-0.4, -0.2) is 16.5 Å². The predicted molar refractivity (Wildman–Crippen MR) is 64.3 cm³/mol. The summed E-state index contributed by atoms with van der Waals surface area (Å²) in [6, 6.07) is 2.40. The molecule has 0 aliphatic rings. The number of hydrogen-bond acceptors (Lipinski definition) is 4. The zero-order valence-corrected chi connectivity index (χ0v) is 9.90. The first kappa shape index (κ1) is 10.9. The number of nitrogens with zero attached hydrogens (tertiary/aromatic N) is 2. The van der Waals surface area contributed by atoms with Crippen LogP contribution in [0.4, 0.5) is 6.01 Å². The van der Waals surface area contributed by atoms with Crippen LogP contribution in [0.15, 0.2) is 22.9 Å². The Morgan fingerprint density at radius 2 is 2.19 bits per heavy atom. The van der Waals surface area contributed by atoms with Gasteiger partial charge in [-0.05, 0) is 11.8 Å². The maximum absolute atomic E-state index is 5.54. The number of oxazole rings is 1. The van der Waals surface area contributed by atoms with Gasteiger partial charge in [-0.1, -0.05) is 20.8 Å². The summed E-state index contributed by atoms with van der Waals surface area (Å²) >= 11 is 0. The van der Waals surface area contributed by atoms with Gasteiger partial charge in [-0.3, -0.25) is 4.98 Å². The van der Waals surface area contributed by atoms with E-state index in [1.807, 2.05) is 6.07 Å². The number of hydrogen-bond donors (Lipinski definition) is 1. The van der Waals surface area contributed by atoms with Crippen molar-refractivity contribution in [2.24, 2.45) is 11.8 Å². The number of anilines is 1. The standard InChI is InChI=1S/C12H17N3O/c1-8(2)9(3)6-14-12-15-10-7-13-5-4-11(10)16-12/h4-5,7-9H,6H2,1-3H3,(H,14,15). The van der Waals surface area contributed by atoms with E-state index >= 15 is 0 Å². The minimum absolute atomic E-state index is 0.579. The van der Waals surface area contributed by atoms with Crippen LogP contribution in [-0.2, 0) is 0 Å². The lowest BCUT2D eigenvalue weighted by atomic mass is 9.98. The summed E-state index contributed by atoms with van der Waals surface area (Å²) in [7, 11) is 0. The monoisotopic (exact) mass is 219 g/mol. The van der Waals surface area contributed by atoms with Gasteiger partial charge in [0.15, 0.2) is 5.58 Å². The van der Waals surface area contributed by atoms with E-state index in [1.165, 1.54) is 0 Å². The van der Waals surface area contributed by atoms with E-state index in [9.17, 15) is 0 Å². The van der Waals surface area contributed by atoms with Crippen molar-refractivity contribution in [3.8, 4) is 0 Å². The molecule has 4 nitrogen and oxygen atoms in total. The Bertz CT molecular complexity index is 431. The molecular weight excluding hydrogens is 202 g/mol. The topological polar surface area (TPSA) is 51.0 Å². The fraction of sp³-hybridized carbons (Fsp3) is 0.500. The van der Waals surface area contributed by atoms with E-state index in [1.54, 1.807) is 12.4 Å². The molecule has 0 saturated heterocycles. The normalized spacial score (nSPS) is 13.2. The first-order chi connectivity index (χ1) is 7.66. The van der Waals surface area contributed by atoms with Crippen molar-refractivity contribution in [3.63, 3.8) is 0 Å². The fourth-order valence-corrected chi connectivity index (χ4v) is 1.34. The summed E-state index contributed by atoms with van der Waals surface area (Å²) in [6.07, 6.45) is 3.41. The quantitative estimate of drug-likeness (QED) is 0.859. The summed E-state index contributed by atoms with van der Waals surface area (Å²) in [5.41, 5.74) is 1.57. The van der Waals surface area contributed by atoms with Crippen molar-refractivity contribution < 1.29 is 4.42 Å². The van der Waals surface area contributed by atoms with Crippen molar-refractivity contribution in [2.75, 3.05) is 11.9 Å². The Hall–Kier alpha value is -1.58. The maximum atomic E-state index is 5.54. The largest absolute Gasteiger partial charge is 0.423 e. The van der Waals surface area contributed by atoms with E-state index in [-0.39, 0.29) is 0 Å². The molecule has 1 atom stereocenters. The third kappa shape index (κ3) is 2.32. The van der Waals surface area contributed by atoms with E-state index in [4.69, 9.17) is 4.42 Å². The zero-order valence-electron chi connectivity index (χ0n) is 9.90. The molecule has 4 heteroatoms. The highest BCUT2D eigenvalue weighted by Crippen LogP contribution is 2.18. The summed E-state index contributed by atoms with van der Waals surface area (Å²) in [6.45, 7) is 7.50. The SMILES string of the molecule is CC(C)C(C)CNc1nc2cnccc2o1. The van der Waals surface area contributed by atoms with Gasteiger partial charge in [0.05, 0.1) is 6.20 Å². The van der Waals surface area contributed by atoms with E-state index in [0.717, 1.165) is 17.6 Å². The molecule has 0 aromatic carbocycles. The molecule has 0 amide bonds. The second-order valence-electron chi connectivity index (χ2n) is 4.46. The van der Waals surface area contributed by atoms with E-state index < -0.39 is 0 Å². The Kier molecular flexibility index (Phi) is 3.08. The molecule has 16 heavy (non-hydrogen) atoms. The van der Waals surface area contributed by atoms with Crippen LogP contribution in [0.1, 0.15) is 20.8 Å².